The monoisotopic (exact) mass is 870 g/mol. The van der Waals surface area contributed by atoms with E-state index in [1.807, 2.05) is 11.3 Å². The van der Waals surface area contributed by atoms with Crippen LogP contribution in [0.1, 0.15) is 101 Å². The molecule has 0 saturated carbocycles. The van der Waals surface area contributed by atoms with Crippen molar-refractivity contribution in [2.75, 3.05) is 9.80 Å². The Bertz CT molecular complexity index is 3540. The second-order valence-corrected chi connectivity index (χ2v) is 21.1. The molecule has 0 amide bonds. The van der Waals surface area contributed by atoms with Crippen molar-refractivity contribution in [2.45, 2.75) is 79.1 Å². The standard InChI is InChI=1S/C62H55BN2S/c1-36(2)40-20-26-45(27-21-40)64-57-18-13-19-58-60(57)63(62-61(64)53-33-42(38(5)6)25-31-59(53)66-62)54-35-43(39(7)8)24-30-56(54)65(58)55-29-23-41(37(3)4)32-51(55)44-22-28-50-48-16-10-9-14-46(48)47-15-11-12-17-49(47)52(50)34-44/h9-39H,1-8H3. The molecule has 0 atom stereocenters. The lowest BCUT2D eigenvalue weighted by Gasteiger charge is -2.43. The third-order valence-electron chi connectivity index (χ3n) is 14.8. The van der Waals surface area contributed by atoms with Crippen LogP contribution in [0, 0.1) is 0 Å². The lowest BCUT2D eigenvalue weighted by Crippen LogP contribution is -2.60. The van der Waals surface area contributed by atoms with Gasteiger partial charge in [0.15, 0.2) is 0 Å². The van der Waals surface area contributed by atoms with Gasteiger partial charge in [-0.1, -0.05) is 159 Å². The highest BCUT2D eigenvalue weighted by Crippen LogP contribution is 2.50. The molecule has 66 heavy (non-hydrogen) atoms. The number of anilines is 6. The van der Waals surface area contributed by atoms with E-state index in [9.17, 15) is 0 Å². The summed E-state index contributed by atoms with van der Waals surface area (Å²) in [6.45, 7) is 18.6. The Morgan fingerprint density at radius 2 is 0.924 bits per heavy atom. The van der Waals surface area contributed by atoms with Crippen LogP contribution in [-0.4, -0.2) is 6.71 Å². The number of hydrogen-bond acceptors (Lipinski definition) is 3. The Balaban J connectivity index is 1.15. The molecule has 322 valence electrons. The van der Waals surface area contributed by atoms with E-state index in [1.54, 1.807) is 0 Å². The maximum atomic E-state index is 2.62. The first-order chi connectivity index (χ1) is 32.0. The molecule has 4 heteroatoms. The van der Waals surface area contributed by atoms with Crippen LogP contribution in [0.15, 0.2) is 164 Å². The van der Waals surface area contributed by atoms with Crippen molar-refractivity contribution >= 4 is 110 Å². The highest BCUT2D eigenvalue weighted by Gasteiger charge is 2.45. The average molecular weight is 871 g/mol. The molecule has 3 heterocycles. The Morgan fingerprint density at radius 3 is 1.56 bits per heavy atom. The molecule has 0 aliphatic carbocycles. The summed E-state index contributed by atoms with van der Waals surface area (Å²) >= 11 is 1.99. The molecule has 0 radical (unpaired) electrons. The van der Waals surface area contributed by atoms with Crippen molar-refractivity contribution in [1.29, 1.82) is 0 Å². The Hall–Kier alpha value is -6.62. The van der Waals surface area contributed by atoms with Crippen molar-refractivity contribution < 1.29 is 0 Å². The van der Waals surface area contributed by atoms with E-state index in [-0.39, 0.29) is 6.71 Å². The summed E-state index contributed by atoms with van der Waals surface area (Å²) in [7, 11) is 0. The third-order valence-corrected chi connectivity index (χ3v) is 16.0. The quantitative estimate of drug-likeness (QED) is 0.116. The fourth-order valence-electron chi connectivity index (χ4n) is 11.1. The van der Waals surface area contributed by atoms with Crippen LogP contribution in [0.3, 0.4) is 0 Å². The van der Waals surface area contributed by atoms with Crippen molar-refractivity contribution in [3.8, 4) is 11.1 Å². The van der Waals surface area contributed by atoms with E-state index in [1.165, 1.54) is 126 Å². The minimum Gasteiger partial charge on any atom is -0.311 e. The van der Waals surface area contributed by atoms with E-state index in [4.69, 9.17) is 0 Å². The number of thiophene rings is 1. The number of hydrogen-bond donors (Lipinski definition) is 0. The zero-order valence-electron chi connectivity index (χ0n) is 39.3. The van der Waals surface area contributed by atoms with Gasteiger partial charge in [-0.15, -0.1) is 11.3 Å². The molecule has 0 spiro atoms. The summed E-state index contributed by atoms with van der Waals surface area (Å²) in [5.41, 5.74) is 18.2. The van der Waals surface area contributed by atoms with Crippen LogP contribution in [0.2, 0.25) is 0 Å². The molecule has 12 rings (SSSR count). The first kappa shape index (κ1) is 40.9. The van der Waals surface area contributed by atoms with Crippen LogP contribution < -0.4 is 25.5 Å². The van der Waals surface area contributed by atoms with Gasteiger partial charge in [0.25, 0.3) is 6.71 Å². The van der Waals surface area contributed by atoms with E-state index in [0.717, 1.165) is 0 Å². The summed E-state index contributed by atoms with van der Waals surface area (Å²) < 4.78 is 2.76. The Labute approximate surface area is 394 Å². The van der Waals surface area contributed by atoms with Crippen LogP contribution in [0.4, 0.5) is 34.1 Å². The van der Waals surface area contributed by atoms with Gasteiger partial charge in [0, 0.05) is 43.2 Å². The summed E-state index contributed by atoms with van der Waals surface area (Å²) in [5.74, 6) is 1.65. The first-order valence-corrected chi connectivity index (χ1v) is 24.9. The third kappa shape index (κ3) is 6.21. The normalized spacial score (nSPS) is 13.3. The summed E-state index contributed by atoms with van der Waals surface area (Å²) in [4.78, 5) is 5.22. The zero-order chi connectivity index (χ0) is 45.1. The smallest absolute Gasteiger partial charge is 0.264 e. The topological polar surface area (TPSA) is 6.48 Å². The molecular weight excluding hydrogens is 816 g/mol. The molecule has 9 aromatic carbocycles. The maximum absolute atomic E-state index is 2.62. The summed E-state index contributed by atoms with van der Waals surface area (Å²) in [5, 5.41) is 9.12. The van der Waals surface area contributed by atoms with Crippen molar-refractivity contribution in [3.63, 3.8) is 0 Å². The first-order valence-electron chi connectivity index (χ1n) is 24.1. The van der Waals surface area contributed by atoms with Gasteiger partial charge in [-0.3, -0.25) is 0 Å². The van der Waals surface area contributed by atoms with Crippen LogP contribution in [0.25, 0.3) is 53.5 Å². The number of benzene rings is 9. The summed E-state index contributed by atoms with van der Waals surface area (Å²) in [6.07, 6.45) is 0. The lowest BCUT2D eigenvalue weighted by molar-refractivity contribution is 0.866. The largest absolute Gasteiger partial charge is 0.311 e. The lowest BCUT2D eigenvalue weighted by atomic mass is 9.36. The summed E-state index contributed by atoms with van der Waals surface area (Å²) in [6, 6.07) is 63.4. The Kier molecular flexibility index (Phi) is 9.59. The van der Waals surface area contributed by atoms with E-state index in [2.05, 4.69) is 229 Å². The maximum Gasteiger partial charge on any atom is 0.264 e. The van der Waals surface area contributed by atoms with Crippen LogP contribution >= 0.6 is 11.3 Å². The van der Waals surface area contributed by atoms with E-state index < -0.39 is 0 Å². The molecule has 2 aliphatic heterocycles. The fourth-order valence-corrected chi connectivity index (χ4v) is 12.4. The number of fused-ring (bicyclic) bond motifs is 12. The fraction of sp³-hybridized carbons (Fsp3) is 0.194. The minimum absolute atomic E-state index is 0.0703. The second-order valence-electron chi connectivity index (χ2n) is 20.0. The highest BCUT2D eigenvalue weighted by atomic mass is 32.1. The van der Waals surface area contributed by atoms with Crippen molar-refractivity contribution in [1.82, 2.24) is 0 Å². The van der Waals surface area contributed by atoms with Gasteiger partial charge in [-0.05, 0) is 155 Å². The molecule has 0 N–H and O–H groups in total. The minimum atomic E-state index is 0.0703. The van der Waals surface area contributed by atoms with Crippen LogP contribution in [0.5, 0.6) is 0 Å². The van der Waals surface area contributed by atoms with Crippen molar-refractivity contribution in [2.24, 2.45) is 0 Å². The Morgan fingerprint density at radius 1 is 0.394 bits per heavy atom. The highest BCUT2D eigenvalue weighted by molar-refractivity contribution is 7.33. The molecule has 2 aliphatic rings. The van der Waals surface area contributed by atoms with Gasteiger partial charge in [0.1, 0.15) is 0 Å². The molecule has 10 aromatic rings. The SMILES string of the molecule is CC(C)c1ccc(N2c3cccc4c3B(c3cc(C(C)C)ccc3N4c3ccc(C(C)C)cc3-c3ccc4c5ccccc5c5ccccc5c4c3)c3sc4ccc(C(C)C)cc4c32)cc1. The molecule has 0 fully saturated rings. The van der Waals surface area contributed by atoms with Crippen LogP contribution in [-0.2, 0) is 0 Å². The van der Waals surface area contributed by atoms with Gasteiger partial charge in [-0.25, -0.2) is 0 Å². The molecule has 1 aromatic heterocycles. The second kappa shape index (κ2) is 15.5. The average Bonchev–Trinajstić information content (AvgIpc) is 3.72. The van der Waals surface area contributed by atoms with Gasteiger partial charge in [0.05, 0.1) is 11.4 Å². The predicted octanol–water partition coefficient (Wildman–Crippen LogP) is 16.6. The molecule has 0 saturated heterocycles. The molecule has 2 nitrogen and oxygen atoms in total. The number of rotatable bonds is 7. The van der Waals surface area contributed by atoms with E-state index in [0.29, 0.717) is 23.7 Å². The van der Waals surface area contributed by atoms with E-state index >= 15 is 0 Å². The molecule has 0 unspecified atom stereocenters. The predicted molar refractivity (Wildman–Crippen MR) is 290 cm³/mol. The number of nitrogens with zero attached hydrogens (tertiary/aromatic N) is 2. The van der Waals surface area contributed by atoms with Gasteiger partial charge < -0.3 is 9.80 Å². The molecule has 0 bridgehead atoms. The van der Waals surface area contributed by atoms with Gasteiger partial charge >= 0.3 is 0 Å². The van der Waals surface area contributed by atoms with Crippen molar-refractivity contribution in [3.05, 3.63) is 186 Å². The zero-order valence-corrected chi connectivity index (χ0v) is 40.1. The van der Waals surface area contributed by atoms with Gasteiger partial charge in [-0.2, -0.15) is 0 Å². The molecular formula is C62H55BN2S. The van der Waals surface area contributed by atoms with Gasteiger partial charge in [0.2, 0.25) is 0 Å².